The monoisotopic (exact) mass is 479 g/mol. The second-order valence-electron chi connectivity index (χ2n) is 8.75. The van der Waals surface area contributed by atoms with Crippen LogP contribution in [0, 0.1) is 7.05 Å². The SMILES string of the molecule is [CH2-][N+]1(C[C@H](C)O)CCN(CC(COc2ccccc2)OC)CCN(C[C@H](C)O)CC1.[Fe+3]. The molecule has 2 rings (SSSR count). The second-order valence-corrected chi connectivity index (χ2v) is 8.75. The molecule has 1 aliphatic heterocycles. The van der Waals surface area contributed by atoms with Gasteiger partial charge in [-0.15, -0.1) is 7.05 Å². The van der Waals surface area contributed by atoms with E-state index in [-0.39, 0.29) is 29.3 Å². The van der Waals surface area contributed by atoms with Gasteiger partial charge >= 0.3 is 17.1 Å². The van der Waals surface area contributed by atoms with Crippen LogP contribution in [0.15, 0.2) is 30.3 Å². The summed E-state index contributed by atoms with van der Waals surface area (Å²) in [6.07, 6.45) is -0.804. The molecule has 2 N–H and O–H groups in total. The van der Waals surface area contributed by atoms with Crippen molar-refractivity contribution in [3.05, 3.63) is 37.4 Å². The summed E-state index contributed by atoms with van der Waals surface area (Å²) >= 11 is 0. The van der Waals surface area contributed by atoms with Gasteiger partial charge < -0.3 is 24.2 Å². The molecule has 1 aromatic rings. The number of aliphatic hydroxyl groups is 2. The van der Waals surface area contributed by atoms with Gasteiger partial charge in [0.25, 0.3) is 0 Å². The molecule has 0 saturated carbocycles. The minimum Gasteiger partial charge on any atom is -0.491 e. The predicted molar refractivity (Wildman–Crippen MR) is 119 cm³/mol. The Balaban J connectivity index is 0.00000480. The number of quaternary nitrogens is 1. The minimum absolute atomic E-state index is 0. The maximum atomic E-state index is 9.98. The fraction of sp³-hybridized carbons (Fsp3) is 0.696. The van der Waals surface area contributed by atoms with Crippen LogP contribution >= 0.6 is 0 Å². The number of rotatable bonds is 10. The fourth-order valence-electron chi connectivity index (χ4n) is 4.00. The zero-order valence-corrected chi connectivity index (χ0v) is 20.4. The third-order valence-electron chi connectivity index (χ3n) is 5.66. The number of hydrogen-bond acceptors (Lipinski definition) is 6. The van der Waals surface area contributed by atoms with E-state index in [1.165, 1.54) is 0 Å². The van der Waals surface area contributed by atoms with E-state index in [1.54, 1.807) is 7.11 Å². The Bertz CT molecular complexity index is 593. The summed E-state index contributed by atoms with van der Waals surface area (Å²) < 4.78 is 12.2. The van der Waals surface area contributed by atoms with E-state index < -0.39 is 6.10 Å². The van der Waals surface area contributed by atoms with Crippen LogP contribution in [-0.2, 0) is 21.8 Å². The fourth-order valence-corrected chi connectivity index (χ4v) is 4.00. The summed E-state index contributed by atoms with van der Waals surface area (Å²) in [6.45, 7) is 11.4. The number of benzene rings is 1. The van der Waals surface area contributed by atoms with Crippen LogP contribution in [0.4, 0.5) is 0 Å². The molecule has 1 radical (unpaired) electrons. The molecule has 1 saturated heterocycles. The molecular weight excluding hydrogens is 438 g/mol. The molecule has 0 aromatic heterocycles. The molecule has 31 heavy (non-hydrogen) atoms. The number of nitrogens with zero attached hydrogens (tertiary/aromatic N) is 3. The van der Waals surface area contributed by atoms with Crippen molar-refractivity contribution < 1.29 is 41.2 Å². The first-order valence-electron chi connectivity index (χ1n) is 11.0. The number of hydrogen-bond donors (Lipinski definition) is 2. The summed E-state index contributed by atoms with van der Waals surface area (Å²) in [5, 5.41) is 19.9. The van der Waals surface area contributed by atoms with Crippen LogP contribution in [0.5, 0.6) is 5.75 Å². The van der Waals surface area contributed by atoms with Crippen molar-refractivity contribution in [1.82, 2.24) is 9.80 Å². The van der Waals surface area contributed by atoms with Gasteiger partial charge in [0.2, 0.25) is 0 Å². The van der Waals surface area contributed by atoms with Crippen molar-refractivity contribution in [1.29, 1.82) is 0 Å². The standard InChI is InChI=1S/C23H41N3O4.Fe/c1-20(27)16-24-10-11-25(13-15-26(3,14-12-24)18-21(2)28)17-23(29-4)19-30-22-8-6-5-7-9-22;/h5-9,20-21,23,27-28H,3,10-19H2,1-2,4H3;/q;+3/t20-,21-,23?,26?;/m0./s1. The predicted octanol–water partition coefficient (Wildman–Crippen LogP) is 1.07. The molecule has 8 heteroatoms. The van der Waals surface area contributed by atoms with Gasteiger partial charge in [0, 0.05) is 46.4 Å². The first-order valence-corrected chi connectivity index (χ1v) is 11.0. The largest absolute Gasteiger partial charge is 3.00 e. The number of β-amino-alcohol motifs (C(OH)–C–C–N with tert-alkyl or cyclic N) is 1. The first-order chi connectivity index (χ1) is 14.3. The molecule has 1 aliphatic rings. The molecule has 0 aliphatic carbocycles. The van der Waals surface area contributed by atoms with Gasteiger partial charge in [-0.05, 0) is 26.0 Å². The Hall–Kier alpha value is -0.701. The maximum Gasteiger partial charge on any atom is 3.00 e. The average molecular weight is 479 g/mol. The summed E-state index contributed by atoms with van der Waals surface area (Å²) in [4.78, 5) is 4.69. The number of ether oxygens (including phenoxy) is 2. The Morgan fingerprint density at radius 3 is 2.06 bits per heavy atom. The number of methoxy groups -OCH3 is 1. The molecule has 1 heterocycles. The minimum atomic E-state index is -0.395. The van der Waals surface area contributed by atoms with Crippen molar-refractivity contribution in [3.63, 3.8) is 0 Å². The number of para-hydroxylation sites is 1. The van der Waals surface area contributed by atoms with Gasteiger partial charge in [-0.2, -0.15) is 0 Å². The van der Waals surface area contributed by atoms with Crippen LogP contribution in [-0.4, -0.2) is 115 Å². The second kappa shape index (κ2) is 14.4. The van der Waals surface area contributed by atoms with Gasteiger partial charge in [0.1, 0.15) is 18.5 Å². The quantitative estimate of drug-likeness (QED) is 0.298. The topological polar surface area (TPSA) is 65.4 Å². The van der Waals surface area contributed by atoms with Crippen LogP contribution in [0.25, 0.3) is 0 Å². The zero-order chi connectivity index (χ0) is 22.0. The van der Waals surface area contributed by atoms with E-state index in [0.29, 0.717) is 24.2 Å². The molecule has 4 atom stereocenters. The van der Waals surface area contributed by atoms with Crippen molar-refractivity contribution in [3.8, 4) is 5.75 Å². The van der Waals surface area contributed by atoms with Gasteiger partial charge in [-0.3, -0.25) is 9.80 Å². The van der Waals surface area contributed by atoms with E-state index in [1.807, 2.05) is 44.2 Å². The first kappa shape index (κ1) is 28.3. The summed E-state index contributed by atoms with van der Waals surface area (Å²) in [5.41, 5.74) is 0. The van der Waals surface area contributed by atoms with Crippen molar-refractivity contribution in [2.45, 2.75) is 32.2 Å². The van der Waals surface area contributed by atoms with E-state index in [0.717, 1.165) is 51.6 Å². The van der Waals surface area contributed by atoms with Crippen LogP contribution < -0.4 is 4.74 Å². The Labute approximate surface area is 199 Å². The van der Waals surface area contributed by atoms with Gasteiger partial charge in [-0.25, -0.2) is 0 Å². The molecule has 2 unspecified atom stereocenters. The van der Waals surface area contributed by atoms with Crippen LogP contribution in [0.1, 0.15) is 13.8 Å². The Kier molecular flexibility index (Phi) is 13.2. The zero-order valence-electron chi connectivity index (χ0n) is 19.3. The van der Waals surface area contributed by atoms with Gasteiger partial charge in [0.05, 0.1) is 31.8 Å². The Morgan fingerprint density at radius 1 is 0.968 bits per heavy atom. The normalized spacial score (nSPS) is 24.2. The van der Waals surface area contributed by atoms with Crippen molar-refractivity contribution >= 4 is 0 Å². The number of aliphatic hydroxyl groups excluding tert-OH is 2. The summed E-state index contributed by atoms with van der Waals surface area (Å²) in [6, 6.07) is 9.80. The van der Waals surface area contributed by atoms with E-state index in [4.69, 9.17) is 9.47 Å². The third kappa shape index (κ3) is 11.1. The van der Waals surface area contributed by atoms with E-state index in [9.17, 15) is 10.2 Å². The third-order valence-corrected chi connectivity index (χ3v) is 5.66. The van der Waals surface area contributed by atoms with E-state index in [2.05, 4.69) is 16.8 Å². The summed E-state index contributed by atoms with van der Waals surface area (Å²) in [7, 11) is 6.17. The molecule has 0 bridgehead atoms. The van der Waals surface area contributed by atoms with Gasteiger partial charge in [-0.1, -0.05) is 18.2 Å². The van der Waals surface area contributed by atoms with Crippen LogP contribution in [0.3, 0.4) is 0 Å². The Morgan fingerprint density at radius 2 is 1.55 bits per heavy atom. The molecule has 0 spiro atoms. The van der Waals surface area contributed by atoms with Crippen molar-refractivity contribution in [2.75, 3.05) is 72.6 Å². The van der Waals surface area contributed by atoms with E-state index >= 15 is 0 Å². The molecule has 1 fully saturated rings. The average Bonchev–Trinajstić information content (AvgIpc) is 2.76. The summed E-state index contributed by atoms with van der Waals surface area (Å²) in [5.74, 6) is 0.845. The van der Waals surface area contributed by atoms with Gasteiger partial charge in [0.15, 0.2) is 0 Å². The molecule has 177 valence electrons. The molecular formula is C23H41FeN3O4+3. The smallest absolute Gasteiger partial charge is 0.491 e. The van der Waals surface area contributed by atoms with Crippen molar-refractivity contribution in [2.24, 2.45) is 0 Å². The maximum absolute atomic E-state index is 9.98. The molecule has 0 amide bonds. The molecule has 1 aromatic carbocycles. The van der Waals surface area contributed by atoms with Crippen LogP contribution in [0.2, 0.25) is 0 Å². The molecule has 7 nitrogen and oxygen atoms in total.